The smallest absolute Gasteiger partial charge is 0.119 e. The highest BCUT2D eigenvalue weighted by atomic mass is 16.5. The molecular formula is C27H28N2O. The fourth-order valence-electron chi connectivity index (χ4n) is 4.41. The molecule has 152 valence electrons. The summed E-state index contributed by atoms with van der Waals surface area (Å²) in [7, 11) is 1.67. The summed E-state index contributed by atoms with van der Waals surface area (Å²) in [5.41, 5.74) is 4.46. The van der Waals surface area contributed by atoms with Crippen LogP contribution in [0.2, 0.25) is 0 Å². The second-order valence-corrected chi connectivity index (χ2v) is 8.14. The van der Waals surface area contributed by atoms with E-state index in [9.17, 15) is 5.26 Å². The summed E-state index contributed by atoms with van der Waals surface area (Å²) < 4.78 is 5.36. The lowest BCUT2D eigenvalue weighted by Gasteiger charge is -2.36. The molecular weight excluding hydrogens is 368 g/mol. The van der Waals surface area contributed by atoms with Gasteiger partial charge < -0.3 is 10.1 Å². The molecule has 0 bridgehead atoms. The first-order chi connectivity index (χ1) is 14.7. The standard InChI is InChI=1S/C27H28N2O/c1-30-26-9-5-8-24(18-26)27(20-28)16-14-25(15-17-27)29-19-21-10-12-23(13-11-21)22-6-3-2-4-7-22/h2-13,18,25,29H,14-17,19H2,1H3. The van der Waals surface area contributed by atoms with Gasteiger partial charge in [-0.25, -0.2) is 0 Å². The van der Waals surface area contributed by atoms with Crippen LogP contribution < -0.4 is 10.1 Å². The van der Waals surface area contributed by atoms with E-state index >= 15 is 0 Å². The number of benzene rings is 3. The number of nitrogens with zero attached hydrogens (tertiary/aromatic N) is 1. The van der Waals surface area contributed by atoms with E-state index in [1.54, 1.807) is 7.11 Å². The summed E-state index contributed by atoms with van der Waals surface area (Å²) in [4.78, 5) is 0. The van der Waals surface area contributed by atoms with Gasteiger partial charge >= 0.3 is 0 Å². The fourth-order valence-corrected chi connectivity index (χ4v) is 4.41. The van der Waals surface area contributed by atoms with Crippen molar-refractivity contribution in [3.63, 3.8) is 0 Å². The van der Waals surface area contributed by atoms with Crippen LogP contribution in [-0.4, -0.2) is 13.2 Å². The monoisotopic (exact) mass is 396 g/mol. The predicted molar refractivity (Wildman–Crippen MR) is 121 cm³/mol. The van der Waals surface area contributed by atoms with E-state index in [0.29, 0.717) is 6.04 Å². The van der Waals surface area contributed by atoms with Gasteiger partial charge in [0.1, 0.15) is 5.75 Å². The molecule has 0 aromatic heterocycles. The minimum Gasteiger partial charge on any atom is -0.497 e. The summed E-state index contributed by atoms with van der Waals surface area (Å²) >= 11 is 0. The maximum absolute atomic E-state index is 9.96. The zero-order chi connectivity index (χ0) is 20.8. The molecule has 30 heavy (non-hydrogen) atoms. The first-order valence-electron chi connectivity index (χ1n) is 10.7. The molecule has 0 amide bonds. The van der Waals surface area contributed by atoms with Crippen LogP contribution in [0.5, 0.6) is 5.75 Å². The van der Waals surface area contributed by atoms with Gasteiger partial charge in [-0.1, -0.05) is 66.7 Å². The van der Waals surface area contributed by atoms with Crippen LogP contribution in [0.15, 0.2) is 78.9 Å². The average molecular weight is 397 g/mol. The van der Waals surface area contributed by atoms with Crippen LogP contribution in [0.25, 0.3) is 11.1 Å². The van der Waals surface area contributed by atoms with Gasteiger partial charge in [-0.3, -0.25) is 0 Å². The summed E-state index contributed by atoms with van der Waals surface area (Å²) in [6.07, 6.45) is 3.77. The summed E-state index contributed by atoms with van der Waals surface area (Å²) in [6, 6.07) is 30.3. The van der Waals surface area contributed by atoms with Crippen molar-refractivity contribution < 1.29 is 4.74 Å². The Bertz CT molecular complexity index is 997. The molecule has 0 saturated heterocycles. The van der Waals surface area contributed by atoms with Gasteiger partial charge in [0, 0.05) is 12.6 Å². The Morgan fingerprint density at radius 3 is 2.30 bits per heavy atom. The Balaban J connectivity index is 1.34. The number of ether oxygens (including phenoxy) is 1. The Morgan fingerprint density at radius 2 is 1.63 bits per heavy atom. The number of nitrogens with one attached hydrogen (secondary N) is 1. The third-order valence-corrected chi connectivity index (χ3v) is 6.33. The minimum atomic E-state index is -0.399. The second-order valence-electron chi connectivity index (χ2n) is 8.14. The van der Waals surface area contributed by atoms with Crippen molar-refractivity contribution in [2.45, 2.75) is 43.7 Å². The quantitative estimate of drug-likeness (QED) is 0.568. The first kappa shape index (κ1) is 20.2. The molecule has 0 heterocycles. The van der Waals surface area contributed by atoms with Gasteiger partial charge in [0.25, 0.3) is 0 Å². The lowest BCUT2D eigenvalue weighted by Crippen LogP contribution is -2.38. The van der Waals surface area contributed by atoms with E-state index in [-0.39, 0.29) is 0 Å². The van der Waals surface area contributed by atoms with Crippen LogP contribution in [0.4, 0.5) is 0 Å². The molecule has 3 aromatic carbocycles. The zero-order valence-corrected chi connectivity index (χ0v) is 17.5. The highest BCUT2D eigenvalue weighted by Crippen LogP contribution is 2.40. The number of nitriles is 1. The Labute approximate surface area is 179 Å². The lowest BCUT2D eigenvalue weighted by atomic mass is 9.69. The molecule has 0 atom stereocenters. The van der Waals surface area contributed by atoms with Gasteiger partial charge in [-0.2, -0.15) is 5.26 Å². The van der Waals surface area contributed by atoms with Crippen LogP contribution in [0.3, 0.4) is 0 Å². The number of methoxy groups -OCH3 is 1. The molecule has 3 nitrogen and oxygen atoms in total. The molecule has 3 heteroatoms. The fraction of sp³-hybridized carbons (Fsp3) is 0.296. The maximum Gasteiger partial charge on any atom is 0.119 e. The number of hydrogen-bond acceptors (Lipinski definition) is 3. The van der Waals surface area contributed by atoms with Gasteiger partial charge in [0.15, 0.2) is 0 Å². The normalized spacial score (nSPS) is 21.0. The van der Waals surface area contributed by atoms with Crippen molar-refractivity contribution in [3.05, 3.63) is 90.0 Å². The van der Waals surface area contributed by atoms with Crippen molar-refractivity contribution in [1.29, 1.82) is 5.26 Å². The Hall–Kier alpha value is -3.09. The van der Waals surface area contributed by atoms with Crippen LogP contribution in [0.1, 0.15) is 36.8 Å². The molecule has 1 N–H and O–H groups in total. The molecule has 0 unspecified atom stereocenters. The molecule has 3 aromatic rings. The van der Waals surface area contributed by atoms with Crippen LogP contribution >= 0.6 is 0 Å². The minimum absolute atomic E-state index is 0.399. The molecule has 1 aliphatic rings. The van der Waals surface area contributed by atoms with Crippen molar-refractivity contribution >= 4 is 0 Å². The Morgan fingerprint density at radius 1 is 0.933 bits per heavy atom. The van der Waals surface area contributed by atoms with E-state index < -0.39 is 5.41 Å². The highest BCUT2D eigenvalue weighted by Gasteiger charge is 2.37. The van der Waals surface area contributed by atoms with Crippen molar-refractivity contribution in [3.8, 4) is 22.9 Å². The zero-order valence-electron chi connectivity index (χ0n) is 17.5. The van der Waals surface area contributed by atoms with Crippen molar-refractivity contribution in [2.75, 3.05) is 7.11 Å². The first-order valence-corrected chi connectivity index (χ1v) is 10.7. The maximum atomic E-state index is 9.96. The Kier molecular flexibility index (Phi) is 6.16. The van der Waals surface area contributed by atoms with Gasteiger partial charge in [-0.15, -0.1) is 0 Å². The third-order valence-electron chi connectivity index (χ3n) is 6.33. The SMILES string of the molecule is COc1cccc(C2(C#N)CCC(NCc3ccc(-c4ccccc4)cc3)CC2)c1. The number of rotatable bonds is 6. The summed E-state index contributed by atoms with van der Waals surface area (Å²) in [5, 5.41) is 13.7. The lowest BCUT2D eigenvalue weighted by molar-refractivity contribution is 0.294. The van der Waals surface area contributed by atoms with Crippen molar-refractivity contribution in [2.24, 2.45) is 0 Å². The van der Waals surface area contributed by atoms with E-state index in [1.165, 1.54) is 16.7 Å². The summed E-state index contributed by atoms with van der Waals surface area (Å²) in [6.45, 7) is 0.860. The van der Waals surface area contributed by atoms with E-state index in [4.69, 9.17) is 4.74 Å². The van der Waals surface area contributed by atoms with Gasteiger partial charge in [0.2, 0.25) is 0 Å². The topological polar surface area (TPSA) is 45.0 Å². The third kappa shape index (κ3) is 4.40. The predicted octanol–water partition coefficient (Wildman–Crippen LogP) is 5.86. The molecule has 1 saturated carbocycles. The molecule has 1 aliphatic carbocycles. The molecule has 0 radical (unpaired) electrons. The molecule has 0 aliphatic heterocycles. The molecule has 4 rings (SSSR count). The highest BCUT2D eigenvalue weighted by molar-refractivity contribution is 5.63. The van der Waals surface area contributed by atoms with Crippen LogP contribution in [-0.2, 0) is 12.0 Å². The van der Waals surface area contributed by atoms with E-state index in [0.717, 1.165) is 43.5 Å². The number of hydrogen-bond donors (Lipinski definition) is 1. The largest absolute Gasteiger partial charge is 0.497 e. The van der Waals surface area contributed by atoms with Crippen molar-refractivity contribution in [1.82, 2.24) is 5.32 Å². The van der Waals surface area contributed by atoms with Gasteiger partial charge in [0.05, 0.1) is 18.6 Å². The molecule has 1 fully saturated rings. The van der Waals surface area contributed by atoms with Crippen LogP contribution in [0, 0.1) is 11.3 Å². The summed E-state index contributed by atoms with van der Waals surface area (Å²) in [5.74, 6) is 0.821. The van der Waals surface area contributed by atoms with E-state index in [2.05, 4.69) is 66.0 Å². The van der Waals surface area contributed by atoms with E-state index in [1.807, 2.05) is 24.3 Å². The van der Waals surface area contributed by atoms with Gasteiger partial charge in [-0.05, 0) is 60.1 Å². The molecule has 0 spiro atoms. The average Bonchev–Trinajstić information content (AvgIpc) is 2.84. The second kappa shape index (κ2) is 9.15.